The molecule has 0 bridgehead atoms. The second-order valence-electron chi connectivity index (χ2n) is 5.11. The maximum absolute atomic E-state index is 9.94. The summed E-state index contributed by atoms with van der Waals surface area (Å²) >= 11 is 0. The van der Waals surface area contributed by atoms with Gasteiger partial charge in [-0.2, -0.15) is 0 Å². The number of nitrogens with one attached hydrogen (secondary N) is 1. The first-order chi connectivity index (χ1) is 10.7. The molecule has 2 aromatic rings. The Morgan fingerprint density at radius 3 is 3.09 bits per heavy atom. The van der Waals surface area contributed by atoms with Crippen molar-refractivity contribution >= 4 is 0 Å². The zero-order valence-corrected chi connectivity index (χ0v) is 12.4. The van der Waals surface area contributed by atoms with E-state index in [9.17, 15) is 5.11 Å². The predicted octanol–water partition coefficient (Wildman–Crippen LogP) is 0.678. The molecule has 1 aromatic heterocycles. The molecule has 0 unspecified atom stereocenters. The average Bonchev–Trinajstić information content (AvgIpc) is 3.14. The van der Waals surface area contributed by atoms with E-state index in [0.717, 1.165) is 5.69 Å². The lowest BCUT2D eigenvalue weighted by atomic mass is 10.3. The first-order valence-corrected chi connectivity index (χ1v) is 7.09. The summed E-state index contributed by atoms with van der Waals surface area (Å²) in [5.74, 6) is 2.03. The third-order valence-corrected chi connectivity index (χ3v) is 3.39. The van der Waals surface area contributed by atoms with E-state index >= 15 is 0 Å². The summed E-state index contributed by atoms with van der Waals surface area (Å²) in [7, 11) is 1.93. The van der Waals surface area contributed by atoms with Gasteiger partial charge in [0.25, 0.3) is 0 Å². The summed E-state index contributed by atoms with van der Waals surface area (Å²) in [4.78, 5) is 4.04. The molecule has 118 valence electrons. The quantitative estimate of drug-likeness (QED) is 0.783. The molecule has 7 nitrogen and oxygen atoms in total. The number of aliphatic hydroxyl groups excluding tert-OH is 1. The number of aromatic nitrogens is 2. The van der Waals surface area contributed by atoms with Crippen molar-refractivity contribution in [2.45, 2.75) is 12.6 Å². The zero-order valence-electron chi connectivity index (χ0n) is 12.4. The van der Waals surface area contributed by atoms with E-state index in [1.165, 1.54) is 0 Å². The minimum atomic E-state index is -0.598. The van der Waals surface area contributed by atoms with Crippen LogP contribution in [0.1, 0.15) is 5.69 Å². The highest BCUT2D eigenvalue weighted by atomic mass is 16.7. The molecule has 0 amide bonds. The monoisotopic (exact) mass is 305 g/mol. The van der Waals surface area contributed by atoms with Crippen molar-refractivity contribution in [2.75, 3.05) is 19.9 Å². The molecule has 1 aliphatic heterocycles. The molecular weight excluding hydrogens is 286 g/mol. The summed E-state index contributed by atoms with van der Waals surface area (Å²) in [5.41, 5.74) is 1.06. The lowest BCUT2D eigenvalue weighted by Gasteiger charge is -2.13. The van der Waals surface area contributed by atoms with Gasteiger partial charge in [-0.15, -0.1) is 0 Å². The Kier molecular flexibility index (Phi) is 4.45. The molecular formula is C15H19N3O4. The van der Waals surface area contributed by atoms with Gasteiger partial charge in [-0.1, -0.05) is 0 Å². The van der Waals surface area contributed by atoms with Crippen LogP contribution in [0.2, 0.25) is 0 Å². The Morgan fingerprint density at radius 2 is 2.27 bits per heavy atom. The molecule has 7 heteroatoms. The van der Waals surface area contributed by atoms with Gasteiger partial charge in [0.15, 0.2) is 11.5 Å². The van der Waals surface area contributed by atoms with E-state index in [2.05, 4.69) is 10.3 Å². The maximum Gasteiger partial charge on any atom is 0.231 e. The normalized spacial score (nSPS) is 14.1. The van der Waals surface area contributed by atoms with Crippen LogP contribution in [0.3, 0.4) is 0 Å². The van der Waals surface area contributed by atoms with E-state index in [4.69, 9.17) is 14.2 Å². The molecule has 0 radical (unpaired) electrons. The fraction of sp³-hybridized carbons (Fsp3) is 0.400. The van der Waals surface area contributed by atoms with Crippen LogP contribution in [0.15, 0.2) is 30.7 Å². The Labute approximate surface area is 128 Å². The van der Waals surface area contributed by atoms with Crippen LogP contribution in [0.5, 0.6) is 17.2 Å². The van der Waals surface area contributed by atoms with Crippen LogP contribution in [0.25, 0.3) is 0 Å². The SMILES string of the molecule is Cn1cncc1CNC[C@H](O)COc1ccc2c(c1)OCO2. The Morgan fingerprint density at radius 1 is 1.41 bits per heavy atom. The molecule has 1 aromatic carbocycles. The second kappa shape index (κ2) is 6.67. The number of hydrogen-bond acceptors (Lipinski definition) is 6. The topological polar surface area (TPSA) is 77.8 Å². The van der Waals surface area contributed by atoms with Gasteiger partial charge in [-0.05, 0) is 12.1 Å². The highest BCUT2D eigenvalue weighted by Crippen LogP contribution is 2.35. The van der Waals surface area contributed by atoms with E-state index in [1.54, 1.807) is 30.7 Å². The summed E-state index contributed by atoms with van der Waals surface area (Å²) in [6.45, 7) is 1.53. The minimum absolute atomic E-state index is 0.206. The van der Waals surface area contributed by atoms with Crippen LogP contribution in [0, 0.1) is 0 Å². The van der Waals surface area contributed by atoms with Crippen LogP contribution in [-0.2, 0) is 13.6 Å². The van der Waals surface area contributed by atoms with Gasteiger partial charge in [0, 0.05) is 32.4 Å². The number of hydrogen-bond donors (Lipinski definition) is 2. The molecule has 1 aliphatic rings. The molecule has 0 spiro atoms. The number of imidazole rings is 1. The van der Waals surface area contributed by atoms with Gasteiger partial charge in [0.05, 0.1) is 12.0 Å². The molecule has 3 rings (SSSR count). The van der Waals surface area contributed by atoms with E-state index in [0.29, 0.717) is 30.3 Å². The number of nitrogens with zero attached hydrogens (tertiary/aromatic N) is 2. The Hall–Kier alpha value is -2.25. The molecule has 0 saturated heterocycles. The summed E-state index contributed by atoms with van der Waals surface area (Å²) in [6.07, 6.45) is 2.94. The smallest absolute Gasteiger partial charge is 0.231 e. The number of benzene rings is 1. The molecule has 0 aliphatic carbocycles. The van der Waals surface area contributed by atoms with Gasteiger partial charge < -0.3 is 29.2 Å². The van der Waals surface area contributed by atoms with Crippen LogP contribution < -0.4 is 19.5 Å². The molecule has 0 saturated carbocycles. The molecule has 2 heterocycles. The standard InChI is InChI=1S/C15H19N3O4/c1-18-9-17-6-11(18)5-16-7-12(19)8-20-13-2-3-14-15(4-13)22-10-21-14/h2-4,6,9,12,16,19H,5,7-8,10H2,1H3/t12-/m0/s1. The van der Waals surface area contributed by atoms with Gasteiger partial charge in [0.2, 0.25) is 6.79 Å². The van der Waals surface area contributed by atoms with E-state index < -0.39 is 6.10 Å². The van der Waals surface area contributed by atoms with E-state index in [-0.39, 0.29) is 13.4 Å². The van der Waals surface area contributed by atoms with Crippen molar-refractivity contribution in [3.63, 3.8) is 0 Å². The highest BCUT2D eigenvalue weighted by Gasteiger charge is 2.14. The Balaban J connectivity index is 1.40. The number of aliphatic hydroxyl groups is 1. The van der Waals surface area contributed by atoms with Crippen molar-refractivity contribution < 1.29 is 19.3 Å². The maximum atomic E-state index is 9.94. The van der Waals surface area contributed by atoms with Gasteiger partial charge in [0.1, 0.15) is 18.5 Å². The highest BCUT2D eigenvalue weighted by molar-refractivity contribution is 5.46. The number of rotatable bonds is 7. The van der Waals surface area contributed by atoms with Gasteiger partial charge in [-0.3, -0.25) is 0 Å². The number of fused-ring (bicyclic) bond motifs is 1. The summed E-state index contributed by atoms with van der Waals surface area (Å²) < 4.78 is 18.0. The Bertz CT molecular complexity index is 629. The van der Waals surface area contributed by atoms with Crippen molar-refractivity contribution in [3.8, 4) is 17.2 Å². The summed E-state index contributed by atoms with van der Waals surface area (Å²) in [6, 6.07) is 5.35. The zero-order chi connectivity index (χ0) is 15.4. The number of ether oxygens (including phenoxy) is 3. The second-order valence-corrected chi connectivity index (χ2v) is 5.11. The van der Waals surface area contributed by atoms with Crippen LogP contribution in [-0.4, -0.2) is 40.7 Å². The van der Waals surface area contributed by atoms with Crippen LogP contribution in [0.4, 0.5) is 0 Å². The van der Waals surface area contributed by atoms with Gasteiger partial charge in [-0.25, -0.2) is 4.98 Å². The van der Waals surface area contributed by atoms with Crippen LogP contribution >= 0.6 is 0 Å². The average molecular weight is 305 g/mol. The van der Waals surface area contributed by atoms with E-state index in [1.807, 2.05) is 11.6 Å². The number of aryl methyl sites for hydroxylation is 1. The van der Waals surface area contributed by atoms with Crippen molar-refractivity contribution in [1.29, 1.82) is 0 Å². The molecule has 22 heavy (non-hydrogen) atoms. The van der Waals surface area contributed by atoms with Gasteiger partial charge >= 0.3 is 0 Å². The first-order valence-electron chi connectivity index (χ1n) is 7.09. The molecule has 0 fully saturated rings. The third kappa shape index (κ3) is 3.49. The van der Waals surface area contributed by atoms with Crippen molar-refractivity contribution in [3.05, 3.63) is 36.4 Å². The molecule has 2 N–H and O–H groups in total. The largest absolute Gasteiger partial charge is 0.491 e. The predicted molar refractivity (Wildman–Crippen MR) is 79.0 cm³/mol. The van der Waals surface area contributed by atoms with Crippen molar-refractivity contribution in [1.82, 2.24) is 14.9 Å². The summed E-state index contributed by atoms with van der Waals surface area (Å²) in [5, 5.41) is 13.1. The fourth-order valence-electron chi connectivity index (χ4n) is 2.14. The first kappa shape index (κ1) is 14.7. The minimum Gasteiger partial charge on any atom is -0.491 e. The third-order valence-electron chi connectivity index (χ3n) is 3.39. The lowest BCUT2D eigenvalue weighted by molar-refractivity contribution is 0.106. The lowest BCUT2D eigenvalue weighted by Crippen LogP contribution is -2.31. The molecule has 1 atom stereocenters. The fourth-order valence-corrected chi connectivity index (χ4v) is 2.14. The van der Waals surface area contributed by atoms with Crippen molar-refractivity contribution in [2.24, 2.45) is 7.05 Å².